The van der Waals surface area contributed by atoms with Crippen LogP contribution in [0.15, 0.2) is 60.7 Å². The van der Waals surface area contributed by atoms with Crippen molar-refractivity contribution in [1.82, 2.24) is 4.48 Å². The molecule has 2 aromatic carbocycles. The molecule has 0 atom stereocenters. The molecule has 0 fully saturated rings. The monoisotopic (exact) mass is 490 g/mol. The fourth-order valence-electron chi connectivity index (χ4n) is 5.31. The number of benzene rings is 2. The smallest absolute Gasteiger partial charge is 0.497 e. The van der Waals surface area contributed by atoms with E-state index in [1.165, 1.54) is 69.8 Å². The molecule has 5 heterocycles. The third kappa shape index (κ3) is 3.06. The Kier molecular flexibility index (Phi) is 4.54. The Morgan fingerprint density at radius 2 is 1.57 bits per heavy atom. The van der Waals surface area contributed by atoms with Crippen molar-refractivity contribution in [2.24, 2.45) is 0 Å². The van der Waals surface area contributed by atoms with E-state index in [4.69, 9.17) is 4.74 Å². The lowest BCUT2D eigenvalue weighted by atomic mass is 9.98. The first-order chi connectivity index (χ1) is 17.0. The molecule has 0 amide bonds. The van der Waals surface area contributed by atoms with E-state index in [0.29, 0.717) is 0 Å². The number of nitrogens with zero attached hydrogens (tertiary/aromatic N) is 2. The fourth-order valence-corrected chi connectivity index (χ4v) is 7.16. The molecule has 3 nitrogen and oxygen atoms in total. The second kappa shape index (κ2) is 7.58. The summed E-state index contributed by atoms with van der Waals surface area (Å²) < 4.78 is 10.4. The summed E-state index contributed by atoms with van der Waals surface area (Å²) in [6.07, 6.45) is 2.36. The van der Waals surface area contributed by atoms with Crippen LogP contribution in [0.3, 0.4) is 0 Å². The third-order valence-electron chi connectivity index (χ3n) is 6.92. The standard InChI is InChI=1S/C29H23BN2OS2/c1-16-5-9-20-22(13-16)28(26-11-6-17(2)34-26)31-24(20)15-25-21-10-8-19(33-4)14-23(21)29(32(25)30-31)27-12-7-18(3)35-27/h5-15H,1-4H3/q+1. The molecule has 6 heteroatoms. The second-order valence-corrected chi connectivity index (χ2v) is 11.8. The van der Waals surface area contributed by atoms with Crippen LogP contribution in [0.25, 0.3) is 33.1 Å². The zero-order chi connectivity index (χ0) is 23.8. The van der Waals surface area contributed by atoms with Crippen LogP contribution in [-0.4, -0.2) is 29.3 Å². The lowest BCUT2D eigenvalue weighted by Gasteiger charge is -2.13. The first-order valence-electron chi connectivity index (χ1n) is 11.7. The minimum Gasteiger partial charge on any atom is -0.497 e. The van der Waals surface area contributed by atoms with Crippen LogP contribution in [0.4, 0.5) is 0 Å². The zero-order valence-corrected chi connectivity index (χ0v) is 21.7. The average molecular weight is 490 g/mol. The SMILES string of the molecule is COc1ccc2c3n(c(-c4ccc(C)s4)c2c1)[B][N+]1=C(c2ccc(C)s2)c2cc(C)ccc2C1=C3. The molecule has 0 spiro atoms. The number of hydrogen-bond acceptors (Lipinski definition) is 3. The number of ether oxygens (including phenoxy) is 1. The molecule has 0 unspecified atom stereocenters. The van der Waals surface area contributed by atoms with Crippen LogP contribution in [0.1, 0.15) is 37.0 Å². The van der Waals surface area contributed by atoms with Gasteiger partial charge in [0.15, 0.2) is 5.70 Å². The molecule has 169 valence electrons. The third-order valence-corrected chi connectivity index (χ3v) is 8.93. The summed E-state index contributed by atoms with van der Waals surface area (Å²) in [6.45, 7) is 6.52. The number of aryl methyl sites for hydroxylation is 3. The van der Waals surface area contributed by atoms with Gasteiger partial charge in [-0.05, 0) is 75.4 Å². The minimum absolute atomic E-state index is 0.880. The molecule has 3 aromatic heterocycles. The number of rotatable bonds is 3. The van der Waals surface area contributed by atoms with Gasteiger partial charge in [0, 0.05) is 32.3 Å². The lowest BCUT2D eigenvalue weighted by Crippen LogP contribution is -2.29. The minimum atomic E-state index is 0.880. The zero-order valence-electron chi connectivity index (χ0n) is 20.0. The molecule has 35 heavy (non-hydrogen) atoms. The number of thiophene rings is 2. The van der Waals surface area contributed by atoms with Gasteiger partial charge in [0.1, 0.15) is 5.75 Å². The van der Waals surface area contributed by atoms with Gasteiger partial charge >= 0.3 is 7.55 Å². The highest BCUT2D eigenvalue weighted by molar-refractivity contribution is 7.15. The first-order valence-corrected chi connectivity index (χ1v) is 13.3. The normalized spacial score (nSPS) is 14.0. The topological polar surface area (TPSA) is 17.2 Å². The summed E-state index contributed by atoms with van der Waals surface area (Å²) in [6, 6.07) is 22.2. The predicted molar refractivity (Wildman–Crippen MR) is 149 cm³/mol. The summed E-state index contributed by atoms with van der Waals surface area (Å²) >= 11 is 3.69. The first kappa shape index (κ1) is 21.0. The van der Waals surface area contributed by atoms with E-state index < -0.39 is 0 Å². The van der Waals surface area contributed by atoms with E-state index in [9.17, 15) is 0 Å². The van der Waals surface area contributed by atoms with Gasteiger partial charge in [0.2, 0.25) is 5.71 Å². The molecule has 0 N–H and O–H groups in total. The molecular weight excluding hydrogens is 467 g/mol. The molecule has 5 aromatic rings. The van der Waals surface area contributed by atoms with Crippen molar-refractivity contribution in [3.05, 3.63) is 97.7 Å². The largest absolute Gasteiger partial charge is 0.700 e. The summed E-state index contributed by atoms with van der Waals surface area (Å²) in [4.78, 5) is 5.19. The number of hydrogen-bond donors (Lipinski definition) is 0. The fraction of sp³-hybridized carbons (Fsp3) is 0.138. The van der Waals surface area contributed by atoms with Gasteiger partial charge in [-0.2, -0.15) is 0 Å². The van der Waals surface area contributed by atoms with Crippen molar-refractivity contribution in [3.63, 3.8) is 0 Å². The maximum atomic E-state index is 5.62. The van der Waals surface area contributed by atoms with Gasteiger partial charge < -0.3 is 9.21 Å². The van der Waals surface area contributed by atoms with E-state index in [-0.39, 0.29) is 0 Å². The van der Waals surface area contributed by atoms with Crippen molar-refractivity contribution in [1.29, 1.82) is 0 Å². The Morgan fingerprint density at radius 3 is 2.29 bits per heavy atom. The van der Waals surface area contributed by atoms with Gasteiger partial charge in [-0.25, -0.2) is 0 Å². The molecule has 0 bridgehead atoms. The van der Waals surface area contributed by atoms with Crippen molar-refractivity contribution in [2.75, 3.05) is 7.11 Å². The quantitative estimate of drug-likeness (QED) is 0.246. The lowest BCUT2D eigenvalue weighted by molar-refractivity contribution is -0.264. The molecule has 0 saturated heterocycles. The van der Waals surface area contributed by atoms with Crippen molar-refractivity contribution in [3.8, 4) is 16.3 Å². The van der Waals surface area contributed by atoms with E-state index in [2.05, 4.69) is 104 Å². The van der Waals surface area contributed by atoms with Gasteiger partial charge in [-0.1, -0.05) is 11.6 Å². The summed E-state index contributed by atoms with van der Waals surface area (Å²) in [7, 11) is 4.03. The number of fused-ring (bicyclic) bond motifs is 6. The average Bonchev–Trinajstić information content (AvgIpc) is 3.60. The van der Waals surface area contributed by atoms with Crippen LogP contribution in [-0.2, 0) is 0 Å². The molecular formula is C29H23BN2OS2+. The highest BCUT2D eigenvalue weighted by atomic mass is 32.1. The highest BCUT2D eigenvalue weighted by Gasteiger charge is 2.42. The molecule has 7 rings (SSSR count). The van der Waals surface area contributed by atoms with Crippen LogP contribution in [0.2, 0.25) is 0 Å². The molecule has 2 aliphatic rings. The van der Waals surface area contributed by atoms with Crippen LogP contribution >= 0.6 is 22.7 Å². The van der Waals surface area contributed by atoms with Crippen molar-refractivity contribution < 1.29 is 9.22 Å². The Bertz CT molecular complexity index is 1750. The Labute approximate surface area is 213 Å². The van der Waals surface area contributed by atoms with Crippen LogP contribution in [0, 0.1) is 20.8 Å². The summed E-state index contributed by atoms with van der Waals surface area (Å²) in [5.41, 5.74) is 8.80. The Hall–Kier alpha value is -3.35. The molecule has 1 radical (unpaired) electrons. The van der Waals surface area contributed by atoms with Gasteiger partial charge in [0.25, 0.3) is 0 Å². The van der Waals surface area contributed by atoms with Crippen molar-refractivity contribution >= 4 is 58.5 Å². The van der Waals surface area contributed by atoms with Crippen molar-refractivity contribution in [2.45, 2.75) is 20.8 Å². The maximum absolute atomic E-state index is 5.62. The molecule has 2 aliphatic heterocycles. The highest BCUT2D eigenvalue weighted by Crippen LogP contribution is 2.43. The van der Waals surface area contributed by atoms with Crippen LogP contribution in [0.5, 0.6) is 5.75 Å². The second-order valence-electron chi connectivity index (χ2n) is 9.25. The van der Waals surface area contributed by atoms with E-state index in [1.54, 1.807) is 7.11 Å². The van der Waals surface area contributed by atoms with Gasteiger partial charge in [-0.3, -0.25) is 4.49 Å². The number of aromatic nitrogens is 1. The number of methoxy groups -OCH3 is 1. The predicted octanol–water partition coefficient (Wildman–Crippen LogP) is 7.12. The van der Waals surface area contributed by atoms with Gasteiger partial charge in [0.05, 0.1) is 33.7 Å². The Morgan fingerprint density at radius 1 is 0.800 bits per heavy atom. The van der Waals surface area contributed by atoms with E-state index in [0.717, 1.165) is 5.75 Å². The van der Waals surface area contributed by atoms with Crippen LogP contribution < -0.4 is 4.74 Å². The van der Waals surface area contributed by atoms with Gasteiger partial charge in [-0.15, -0.1) is 22.7 Å². The maximum Gasteiger partial charge on any atom is 0.700 e. The molecule has 0 saturated carbocycles. The summed E-state index contributed by atoms with van der Waals surface area (Å²) in [5.74, 6) is 0.880. The molecule has 0 aliphatic carbocycles. The van der Waals surface area contributed by atoms with E-state index >= 15 is 0 Å². The Balaban J connectivity index is 1.56. The van der Waals surface area contributed by atoms with E-state index in [1.807, 2.05) is 22.7 Å². The summed E-state index contributed by atoms with van der Waals surface area (Å²) in [5, 5.41) is 2.46.